The van der Waals surface area contributed by atoms with Crippen LogP contribution in [0, 0.1) is 0 Å². The number of para-hydroxylation sites is 1. The first kappa shape index (κ1) is 39.2. The van der Waals surface area contributed by atoms with Crippen molar-refractivity contribution in [1.82, 2.24) is 4.98 Å². The maximum absolute atomic E-state index is 12.8. The highest BCUT2D eigenvalue weighted by Gasteiger charge is 2.32. The minimum atomic E-state index is -3.16. The lowest BCUT2D eigenvalue weighted by atomic mass is 10.0. The van der Waals surface area contributed by atoms with Gasteiger partial charge in [0, 0.05) is 37.1 Å². The van der Waals surface area contributed by atoms with Crippen LogP contribution in [-0.4, -0.2) is 42.5 Å². The lowest BCUT2D eigenvalue weighted by molar-refractivity contribution is -0.327. The van der Waals surface area contributed by atoms with Crippen LogP contribution in [0.1, 0.15) is 113 Å². The molecule has 0 saturated heterocycles. The Morgan fingerprint density at radius 1 is 0.894 bits per heavy atom. The van der Waals surface area contributed by atoms with Crippen molar-refractivity contribution in [3.63, 3.8) is 0 Å². The first-order chi connectivity index (χ1) is 22.9. The van der Waals surface area contributed by atoms with Gasteiger partial charge in [0.25, 0.3) is 5.97 Å². The molecule has 0 saturated carbocycles. The van der Waals surface area contributed by atoms with E-state index < -0.39 is 20.3 Å². The molecule has 0 radical (unpaired) electrons. The molecule has 0 aliphatic carbocycles. The van der Waals surface area contributed by atoms with Crippen LogP contribution in [0.2, 0.25) is 0 Å². The minimum absolute atomic E-state index is 0.0326. The molecule has 3 unspecified atom stereocenters. The largest absolute Gasteiger partial charge is 0.491 e. The van der Waals surface area contributed by atoms with Crippen LogP contribution in [0.4, 0.5) is 0 Å². The maximum Gasteiger partial charge on any atom is 0.372 e. The molecule has 8 nitrogen and oxygen atoms in total. The van der Waals surface area contributed by atoms with Gasteiger partial charge in [-0.15, -0.1) is 11.3 Å². The van der Waals surface area contributed by atoms with Crippen LogP contribution < -0.4 is 9.26 Å². The molecule has 1 N–H and O–H groups in total. The number of hydrogen-bond acceptors (Lipinski definition) is 9. The summed E-state index contributed by atoms with van der Waals surface area (Å²) in [6.45, 7) is 4.13. The van der Waals surface area contributed by atoms with E-state index in [0.29, 0.717) is 12.2 Å². The standard InChI is InChI=1S/C37H56NO7PS/c1-4-6-7-8-9-10-11-12-13-14-15-16-20-31-21-19-23-33(27-31)42-29-34(41-3)30-43-37(39,5-2)45-46(40)44-35-24-18-17-22-32(35)28-36-38-25-26-47-36/h17-19,21-27,34,39,46H,4-16,20,28-30H2,1-3H3. The van der Waals surface area contributed by atoms with Crippen LogP contribution in [-0.2, 0) is 31.4 Å². The predicted molar refractivity (Wildman–Crippen MR) is 191 cm³/mol. The predicted octanol–water partition coefficient (Wildman–Crippen LogP) is 9.93. The first-order valence-electron chi connectivity index (χ1n) is 17.4. The van der Waals surface area contributed by atoms with Gasteiger partial charge in [0.2, 0.25) is 0 Å². The Labute approximate surface area is 287 Å². The Hall–Kier alpha value is -2.26. The fourth-order valence-corrected chi connectivity index (χ4v) is 6.78. The number of unbranched alkanes of at least 4 members (excludes halogenated alkanes) is 11. The summed E-state index contributed by atoms with van der Waals surface area (Å²) in [5.41, 5.74) is 2.08. The molecule has 0 fully saturated rings. The monoisotopic (exact) mass is 689 g/mol. The molecule has 1 heterocycles. The van der Waals surface area contributed by atoms with E-state index in [1.807, 2.05) is 29.6 Å². The molecule has 0 bridgehead atoms. The summed E-state index contributed by atoms with van der Waals surface area (Å²) < 4.78 is 41.1. The minimum Gasteiger partial charge on any atom is -0.491 e. The third kappa shape index (κ3) is 16.1. The third-order valence-electron chi connectivity index (χ3n) is 8.16. The number of benzene rings is 2. The fraction of sp³-hybridized carbons (Fsp3) is 0.595. The summed E-state index contributed by atoms with van der Waals surface area (Å²) in [7, 11) is -1.60. The Morgan fingerprint density at radius 3 is 2.26 bits per heavy atom. The van der Waals surface area contributed by atoms with Gasteiger partial charge >= 0.3 is 8.25 Å². The quantitative estimate of drug-likeness (QED) is 0.0480. The van der Waals surface area contributed by atoms with Gasteiger partial charge in [-0.25, -0.2) is 14.1 Å². The zero-order chi connectivity index (χ0) is 33.6. The number of hydrogen-bond donors (Lipinski definition) is 1. The SMILES string of the molecule is CCCCCCCCCCCCCCc1cccc(OCC(COC(O)(CC)O[PH](=O)Oc2ccccc2Cc2nccs2)OC)c1. The summed E-state index contributed by atoms with van der Waals surface area (Å²) in [6.07, 6.45) is 19.0. The summed E-state index contributed by atoms with van der Waals surface area (Å²) >= 11 is 1.53. The van der Waals surface area contributed by atoms with Gasteiger partial charge in [-0.2, -0.15) is 0 Å². The molecule has 0 amide bonds. The number of ether oxygens (including phenoxy) is 3. The van der Waals surface area contributed by atoms with E-state index in [-0.39, 0.29) is 19.6 Å². The van der Waals surface area contributed by atoms with E-state index in [1.54, 1.807) is 32.4 Å². The number of aliphatic hydroxyl groups is 1. The van der Waals surface area contributed by atoms with Crippen LogP contribution in [0.3, 0.4) is 0 Å². The molecule has 3 aromatic rings. The van der Waals surface area contributed by atoms with Gasteiger partial charge in [0.05, 0.1) is 11.6 Å². The van der Waals surface area contributed by atoms with Gasteiger partial charge in [-0.1, -0.05) is 115 Å². The summed E-state index contributed by atoms with van der Waals surface area (Å²) in [4.78, 5) is 4.31. The van der Waals surface area contributed by atoms with Gasteiger partial charge in [0.15, 0.2) is 0 Å². The van der Waals surface area contributed by atoms with E-state index in [2.05, 4.69) is 24.0 Å². The van der Waals surface area contributed by atoms with E-state index in [1.165, 1.54) is 94.0 Å². The number of rotatable bonds is 27. The molecule has 3 rings (SSSR count). The zero-order valence-corrected chi connectivity index (χ0v) is 30.4. The smallest absolute Gasteiger partial charge is 0.372 e. The van der Waals surface area contributed by atoms with E-state index in [4.69, 9.17) is 23.3 Å². The second-order valence-corrected chi connectivity index (χ2v) is 13.9. The molecule has 0 spiro atoms. The average molecular weight is 690 g/mol. The number of thiazole rings is 1. The van der Waals surface area contributed by atoms with Crippen LogP contribution in [0.15, 0.2) is 60.1 Å². The molecule has 0 aliphatic rings. The van der Waals surface area contributed by atoms with Crippen molar-refractivity contribution >= 4 is 19.6 Å². The van der Waals surface area contributed by atoms with Crippen molar-refractivity contribution in [1.29, 1.82) is 0 Å². The van der Waals surface area contributed by atoms with Crippen molar-refractivity contribution in [2.45, 2.75) is 122 Å². The molecule has 262 valence electrons. The molecule has 10 heteroatoms. The Morgan fingerprint density at radius 2 is 1.60 bits per heavy atom. The molecular weight excluding hydrogens is 633 g/mol. The van der Waals surface area contributed by atoms with Gasteiger partial charge in [0.1, 0.15) is 24.2 Å². The highest BCUT2D eigenvalue weighted by atomic mass is 32.1. The second kappa shape index (κ2) is 23.2. The van der Waals surface area contributed by atoms with E-state index >= 15 is 0 Å². The van der Waals surface area contributed by atoms with E-state index in [9.17, 15) is 9.67 Å². The summed E-state index contributed by atoms with van der Waals surface area (Å²) in [5.74, 6) is -0.930. The molecule has 47 heavy (non-hydrogen) atoms. The lowest BCUT2D eigenvalue weighted by Gasteiger charge is -2.28. The molecule has 2 aromatic carbocycles. The molecule has 3 atom stereocenters. The zero-order valence-electron chi connectivity index (χ0n) is 28.6. The second-order valence-electron chi connectivity index (χ2n) is 12.0. The number of aryl methyl sites for hydroxylation is 1. The molecular formula is C37H56NO7PS. The number of aromatic nitrogens is 1. The van der Waals surface area contributed by atoms with Crippen LogP contribution in [0.5, 0.6) is 11.5 Å². The van der Waals surface area contributed by atoms with Crippen molar-refractivity contribution in [2.24, 2.45) is 0 Å². The van der Waals surface area contributed by atoms with Gasteiger partial charge in [-0.05, 0) is 36.6 Å². The highest BCUT2D eigenvalue weighted by molar-refractivity contribution is 7.33. The summed E-state index contributed by atoms with van der Waals surface area (Å²) in [5, 5.41) is 13.7. The van der Waals surface area contributed by atoms with Gasteiger partial charge < -0.3 is 23.8 Å². The number of nitrogens with zero attached hydrogens (tertiary/aromatic N) is 1. The Kier molecular flexibility index (Phi) is 19.3. The fourth-order valence-electron chi connectivity index (χ4n) is 5.25. The molecule has 0 aliphatic heterocycles. The van der Waals surface area contributed by atoms with Gasteiger partial charge in [-0.3, -0.25) is 0 Å². The maximum atomic E-state index is 12.8. The van der Waals surface area contributed by atoms with Crippen molar-refractivity contribution < 1.29 is 32.9 Å². The number of methoxy groups -OCH3 is 1. The van der Waals surface area contributed by atoms with Crippen LogP contribution >= 0.6 is 19.6 Å². The van der Waals surface area contributed by atoms with Crippen molar-refractivity contribution in [3.8, 4) is 11.5 Å². The Balaban J connectivity index is 1.35. The lowest BCUT2D eigenvalue weighted by Crippen LogP contribution is -2.38. The summed E-state index contributed by atoms with van der Waals surface area (Å²) in [6, 6.07) is 15.4. The van der Waals surface area contributed by atoms with Crippen LogP contribution in [0.25, 0.3) is 0 Å². The van der Waals surface area contributed by atoms with E-state index in [0.717, 1.165) is 22.7 Å². The third-order valence-corrected chi connectivity index (χ3v) is 9.81. The Bertz CT molecular complexity index is 1260. The van der Waals surface area contributed by atoms with Crippen molar-refractivity contribution in [2.75, 3.05) is 20.3 Å². The normalized spacial score (nSPS) is 14.0. The highest BCUT2D eigenvalue weighted by Crippen LogP contribution is 2.36. The first-order valence-corrected chi connectivity index (χ1v) is 19.5. The topological polar surface area (TPSA) is 96.3 Å². The average Bonchev–Trinajstić information content (AvgIpc) is 3.59. The molecule has 1 aromatic heterocycles. The van der Waals surface area contributed by atoms with Crippen molar-refractivity contribution in [3.05, 3.63) is 76.2 Å².